The highest BCUT2D eigenvalue weighted by atomic mass is 16.3. The van der Waals surface area contributed by atoms with Gasteiger partial charge in [0.2, 0.25) is 0 Å². The van der Waals surface area contributed by atoms with Gasteiger partial charge in [0.05, 0.1) is 24.8 Å². The van der Waals surface area contributed by atoms with Crippen molar-refractivity contribution >= 4 is 11.9 Å². The molecule has 1 aromatic carbocycles. The summed E-state index contributed by atoms with van der Waals surface area (Å²) in [6, 6.07) is 9.17. The largest absolute Gasteiger partial charge is 0.395 e. The van der Waals surface area contributed by atoms with Crippen molar-refractivity contribution in [2.24, 2.45) is 0 Å². The van der Waals surface area contributed by atoms with Crippen LogP contribution in [0.15, 0.2) is 24.3 Å². The van der Waals surface area contributed by atoms with Gasteiger partial charge in [-0.2, -0.15) is 5.26 Å². The maximum absolute atomic E-state index is 12.5. The highest BCUT2D eigenvalue weighted by molar-refractivity contribution is 6.07. The van der Waals surface area contributed by atoms with Crippen molar-refractivity contribution in [3.8, 4) is 6.07 Å². The summed E-state index contributed by atoms with van der Waals surface area (Å²) in [6.45, 7) is 1.99. The van der Waals surface area contributed by atoms with Crippen LogP contribution in [-0.4, -0.2) is 58.6 Å². The summed E-state index contributed by atoms with van der Waals surface area (Å²) in [6.07, 6.45) is 1.13. The molecular formula is C17H20N4O3. The summed E-state index contributed by atoms with van der Waals surface area (Å²) in [5.41, 5.74) is 0.946. The van der Waals surface area contributed by atoms with Crippen LogP contribution >= 0.6 is 0 Å². The number of rotatable bonds is 4. The average molecular weight is 328 g/mol. The van der Waals surface area contributed by atoms with Crippen molar-refractivity contribution in [2.45, 2.75) is 24.9 Å². The maximum Gasteiger partial charge on any atom is 0.325 e. The predicted molar refractivity (Wildman–Crippen MR) is 85.7 cm³/mol. The zero-order valence-corrected chi connectivity index (χ0v) is 13.4. The van der Waals surface area contributed by atoms with E-state index in [1.807, 2.05) is 12.1 Å². The van der Waals surface area contributed by atoms with E-state index < -0.39 is 11.6 Å². The third kappa shape index (κ3) is 2.98. The van der Waals surface area contributed by atoms with Gasteiger partial charge in [0.1, 0.15) is 5.54 Å². The zero-order valence-electron chi connectivity index (χ0n) is 13.4. The third-order valence-corrected chi connectivity index (χ3v) is 4.77. The Morgan fingerprint density at radius 2 is 1.88 bits per heavy atom. The summed E-state index contributed by atoms with van der Waals surface area (Å²) < 4.78 is 0. The molecule has 0 bridgehead atoms. The van der Waals surface area contributed by atoms with Crippen LogP contribution in [0.25, 0.3) is 0 Å². The highest BCUT2D eigenvalue weighted by Crippen LogP contribution is 2.30. The lowest BCUT2D eigenvalue weighted by molar-refractivity contribution is -0.133. The van der Waals surface area contributed by atoms with Crippen molar-refractivity contribution in [1.29, 1.82) is 5.26 Å². The van der Waals surface area contributed by atoms with Crippen LogP contribution in [0.5, 0.6) is 0 Å². The number of nitriles is 1. The first kappa shape index (κ1) is 16.4. The second-order valence-electron chi connectivity index (χ2n) is 6.28. The lowest BCUT2D eigenvalue weighted by atomic mass is 9.87. The number of amides is 3. The van der Waals surface area contributed by atoms with Crippen molar-refractivity contribution in [2.75, 3.05) is 26.2 Å². The Kier molecular flexibility index (Phi) is 4.51. The molecule has 2 N–H and O–H groups in total. The smallest absolute Gasteiger partial charge is 0.325 e. The quantitative estimate of drug-likeness (QED) is 0.782. The number of hydrogen-bond acceptors (Lipinski definition) is 5. The Balaban J connectivity index is 1.60. The van der Waals surface area contributed by atoms with Crippen molar-refractivity contribution in [3.63, 3.8) is 0 Å². The van der Waals surface area contributed by atoms with Crippen LogP contribution in [0.3, 0.4) is 0 Å². The fraction of sp³-hybridized carbons (Fsp3) is 0.471. The lowest BCUT2D eigenvalue weighted by Crippen LogP contribution is -2.54. The first-order valence-electron chi connectivity index (χ1n) is 8.04. The maximum atomic E-state index is 12.5. The molecule has 1 aromatic rings. The SMILES string of the molecule is N#Cc1ccc(CN2CCC3(CC2)NC(=O)N(CCO)C3=O)cc1. The molecule has 7 heteroatoms. The molecule has 0 saturated carbocycles. The lowest BCUT2D eigenvalue weighted by Gasteiger charge is -2.37. The van der Waals surface area contributed by atoms with Gasteiger partial charge in [-0.1, -0.05) is 12.1 Å². The number of urea groups is 1. The monoisotopic (exact) mass is 328 g/mol. The number of carbonyl (C=O) groups excluding carboxylic acids is 2. The van der Waals surface area contributed by atoms with E-state index in [2.05, 4.69) is 16.3 Å². The van der Waals surface area contributed by atoms with Gasteiger partial charge in [-0.15, -0.1) is 0 Å². The number of carbonyl (C=O) groups is 2. The van der Waals surface area contributed by atoms with Crippen molar-refractivity contribution < 1.29 is 14.7 Å². The van der Waals surface area contributed by atoms with Gasteiger partial charge >= 0.3 is 6.03 Å². The molecule has 7 nitrogen and oxygen atoms in total. The molecule has 0 radical (unpaired) electrons. The standard InChI is InChI=1S/C17H20N4O3/c18-11-13-1-3-14(4-2-13)12-20-7-5-17(6-8-20)15(23)21(9-10-22)16(24)19-17/h1-4,22H,5-10,12H2,(H,19,24). The van der Waals surface area contributed by atoms with E-state index in [4.69, 9.17) is 10.4 Å². The average Bonchev–Trinajstić information content (AvgIpc) is 2.82. The van der Waals surface area contributed by atoms with Gasteiger partial charge in [0.25, 0.3) is 5.91 Å². The minimum absolute atomic E-state index is 0.0430. The second-order valence-corrected chi connectivity index (χ2v) is 6.28. The number of nitrogens with zero attached hydrogens (tertiary/aromatic N) is 3. The van der Waals surface area contributed by atoms with E-state index in [1.54, 1.807) is 12.1 Å². The molecule has 2 fully saturated rings. The zero-order chi connectivity index (χ0) is 17.2. The minimum Gasteiger partial charge on any atom is -0.395 e. The van der Waals surface area contributed by atoms with Gasteiger partial charge in [-0.3, -0.25) is 14.6 Å². The number of benzene rings is 1. The van der Waals surface area contributed by atoms with Crippen LogP contribution in [0.1, 0.15) is 24.0 Å². The topological polar surface area (TPSA) is 96.7 Å². The summed E-state index contributed by atoms with van der Waals surface area (Å²) in [5, 5.41) is 20.6. The van der Waals surface area contributed by atoms with E-state index in [0.29, 0.717) is 31.5 Å². The number of aliphatic hydroxyl groups is 1. The van der Waals surface area contributed by atoms with Gasteiger partial charge in [-0.25, -0.2) is 4.79 Å². The Morgan fingerprint density at radius 3 is 2.46 bits per heavy atom. The van der Waals surface area contributed by atoms with E-state index in [1.165, 1.54) is 0 Å². The normalized spacial score (nSPS) is 20.2. The van der Waals surface area contributed by atoms with Crippen molar-refractivity contribution in [1.82, 2.24) is 15.1 Å². The summed E-state index contributed by atoms with van der Waals surface area (Å²) in [7, 11) is 0. The number of aliphatic hydroxyl groups excluding tert-OH is 1. The molecule has 3 amide bonds. The first-order chi connectivity index (χ1) is 11.6. The molecule has 0 aromatic heterocycles. The Bertz CT molecular complexity index is 672. The van der Waals surface area contributed by atoms with Crippen LogP contribution < -0.4 is 5.32 Å². The summed E-state index contributed by atoms with van der Waals surface area (Å²) >= 11 is 0. The molecule has 2 heterocycles. The van der Waals surface area contributed by atoms with Crippen LogP contribution in [-0.2, 0) is 11.3 Å². The van der Waals surface area contributed by atoms with Gasteiger partial charge in [0.15, 0.2) is 0 Å². The van der Waals surface area contributed by atoms with Crippen LogP contribution in [0, 0.1) is 11.3 Å². The number of imide groups is 1. The summed E-state index contributed by atoms with van der Waals surface area (Å²) in [5.74, 6) is -0.223. The Labute approximate surface area is 140 Å². The van der Waals surface area contributed by atoms with Crippen LogP contribution in [0.2, 0.25) is 0 Å². The van der Waals surface area contributed by atoms with E-state index in [9.17, 15) is 9.59 Å². The molecule has 0 atom stereocenters. The predicted octanol–water partition coefficient (Wildman–Crippen LogP) is 0.437. The Hall–Kier alpha value is -2.43. The van der Waals surface area contributed by atoms with Crippen LogP contribution in [0.4, 0.5) is 4.79 Å². The fourth-order valence-electron chi connectivity index (χ4n) is 3.35. The molecule has 24 heavy (non-hydrogen) atoms. The van der Waals surface area contributed by atoms with Gasteiger partial charge in [-0.05, 0) is 30.5 Å². The van der Waals surface area contributed by atoms with E-state index in [-0.39, 0.29) is 19.1 Å². The third-order valence-electron chi connectivity index (χ3n) is 4.77. The van der Waals surface area contributed by atoms with E-state index in [0.717, 1.165) is 17.0 Å². The van der Waals surface area contributed by atoms with Crippen molar-refractivity contribution in [3.05, 3.63) is 35.4 Å². The number of likely N-dealkylation sites (tertiary alicyclic amines) is 1. The second kappa shape index (κ2) is 6.59. The first-order valence-corrected chi connectivity index (χ1v) is 8.04. The Morgan fingerprint density at radius 1 is 1.21 bits per heavy atom. The number of nitrogens with one attached hydrogen (secondary N) is 1. The fourth-order valence-corrected chi connectivity index (χ4v) is 3.35. The number of hydrogen-bond donors (Lipinski definition) is 2. The molecule has 2 aliphatic heterocycles. The molecule has 126 valence electrons. The minimum atomic E-state index is -0.812. The number of piperidine rings is 1. The number of β-amino-alcohol motifs (C(OH)–C–C–N with tert-alkyl or cyclic N) is 1. The molecular weight excluding hydrogens is 308 g/mol. The van der Waals surface area contributed by atoms with Gasteiger partial charge in [0, 0.05) is 19.6 Å². The van der Waals surface area contributed by atoms with E-state index >= 15 is 0 Å². The molecule has 2 saturated heterocycles. The molecule has 1 spiro atoms. The summed E-state index contributed by atoms with van der Waals surface area (Å²) in [4.78, 5) is 27.8. The molecule has 3 rings (SSSR count). The van der Waals surface area contributed by atoms with Gasteiger partial charge < -0.3 is 10.4 Å². The molecule has 0 unspecified atom stereocenters. The highest BCUT2D eigenvalue weighted by Gasteiger charge is 2.51. The molecule has 0 aliphatic carbocycles. The molecule has 2 aliphatic rings.